The van der Waals surface area contributed by atoms with Crippen LogP contribution in [0.5, 0.6) is 0 Å². The van der Waals surface area contributed by atoms with Crippen LogP contribution in [0.3, 0.4) is 0 Å². The highest BCUT2D eigenvalue weighted by atomic mass is 19.1. The van der Waals surface area contributed by atoms with Gasteiger partial charge in [-0.25, -0.2) is 4.39 Å². The van der Waals surface area contributed by atoms with Crippen molar-refractivity contribution < 1.29 is 18.7 Å². The van der Waals surface area contributed by atoms with E-state index in [1.54, 1.807) is 6.07 Å². The van der Waals surface area contributed by atoms with Crippen LogP contribution in [0.15, 0.2) is 12.1 Å². The molecule has 0 aromatic heterocycles. The predicted molar refractivity (Wildman–Crippen MR) is 122 cm³/mol. The molecular formula is C25H36FN3O3. The van der Waals surface area contributed by atoms with Crippen LogP contribution in [0.2, 0.25) is 0 Å². The molecule has 32 heavy (non-hydrogen) atoms. The normalized spacial score (nSPS) is 23.5. The molecule has 0 unspecified atom stereocenters. The Morgan fingerprint density at radius 3 is 2.50 bits per heavy atom. The van der Waals surface area contributed by atoms with Crippen LogP contribution in [-0.4, -0.2) is 60.5 Å². The average Bonchev–Trinajstić information content (AvgIpc) is 3.32. The lowest BCUT2D eigenvalue weighted by molar-refractivity contribution is -0.140. The predicted octanol–water partition coefficient (Wildman–Crippen LogP) is 3.72. The molecule has 2 heterocycles. The summed E-state index contributed by atoms with van der Waals surface area (Å²) in [5.41, 5.74) is 2.35. The van der Waals surface area contributed by atoms with E-state index < -0.39 is 0 Å². The second-order valence-corrected chi connectivity index (χ2v) is 9.71. The lowest BCUT2D eigenvalue weighted by Gasteiger charge is -2.41. The zero-order valence-electron chi connectivity index (χ0n) is 19.4. The van der Waals surface area contributed by atoms with Crippen LogP contribution >= 0.6 is 0 Å². The SMILES string of the molecule is Cc1c(CN2CCN(C(=O)C3CCCC3)[C@@H](C)C2)cc(F)cc1NC(=O)C1CCOCC1. The first-order valence-electron chi connectivity index (χ1n) is 12.1. The summed E-state index contributed by atoms with van der Waals surface area (Å²) in [5.74, 6) is 0.0452. The summed E-state index contributed by atoms with van der Waals surface area (Å²) in [6, 6.07) is 3.13. The van der Waals surface area contributed by atoms with Crippen molar-refractivity contribution in [2.24, 2.45) is 11.8 Å². The lowest BCUT2D eigenvalue weighted by atomic mass is 9.98. The number of hydrogen-bond donors (Lipinski definition) is 1. The molecule has 1 aliphatic carbocycles. The van der Waals surface area contributed by atoms with E-state index in [2.05, 4.69) is 17.1 Å². The van der Waals surface area contributed by atoms with Crippen molar-refractivity contribution >= 4 is 17.5 Å². The third kappa shape index (κ3) is 5.31. The number of benzene rings is 1. The number of piperazine rings is 1. The molecule has 1 N–H and O–H groups in total. The zero-order valence-corrected chi connectivity index (χ0v) is 19.4. The first kappa shape index (κ1) is 23.2. The van der Waals surface area contributed by atoms with Crippen LogP contribution in [0.1, 0.15) is 56.6 Å². The van der Waals surface area contributed by atoms with Gasteiger partial charge in [-0.1, -0.05) is 12.8 Å². The molecule has 1 atom stereocenters. The molecule has 1 aromatic carbocycles. The fraction of sp³-hybridized carbons (Fsp3) is 0.680. The van der Waals surface area contributed by atoms with E-state index in [9.17, 15) is 14.0 Å². The van der Waals surface area contributed by atoms with Gasteiger partial charge in [0, 0.05) is 63.0 Å². The Bertz CT molecular complexity index is 834. The summed E-state index contributed by atoms with van der Waals surface area (Å²) in [5, 5.41) is 2.95. The highest BCUT2D eigenvalue weighted by molar-refractivity contribution is 5.93. The van der Waals surface area contributed by atoms with Crippen LogP contribution in [0.4, 0.5) is 10.1 Å². The number of nitrogens with one attached hydrogen (secondary N) is 1. The molecule has 176 valence electrons. The van der Waals surface area contributed by atoms with Crippen LogP contribution < -0.4 is 5.32 Å². The number of nitrogens with zero attached hydrogens (tertiary/aromatic N) is 2. The molecule has 0 radical (unpaired) electrons. The molecule has 0 bridgehead atoms. The molecule has 0 spiro atoms. The number of rotatable bonds is 5. The summed E-state index contributed by atoms with van der Waals surface area (Å²) in [4.78, 5) is 29.8. The third-order valence-electron chi connectivity index (χ3n) is 7.42. The largest absolute Gasteiger partial charge is 0.381 e. The van der Waals surface area contributed by atoms with Crippen LogP contribution in [-0.2, 0) is 20.9 Å². The van der Waals surface area contributed by atoms with E-state index in [4.69, 9.17) is 4.74 Å². The van der Waals surface area contributed by atoms with E-state index in [1.165, 1.54) is 6.07 Å². The molecule has 1 aromatic rings. The Hall–Kier alpha value is -1.99. The minimum Gasteiger partial charge on any atom is -0.381 e. The second kappa shape index (κ2) is 10.3. The number of hydrogen-bond acceptors (Lipinski definition) is 4. The number of amides is 2. The molecular weight excluding hydrogens is 409 g/mol. The van der Waals surface area contributed by atoms with Crippen molar-refractivity contribution in [3.63, 3.8) is 0 Å². The van der Waals surface area contributed by atoms with E-state index in [-0.39, 0.29) is 29.6 Å². The van der Waals surface area contributed by atoms with Gasteiger partial charge in [0.15, 0.2) is 0 Å². The van der Waals surface area contributed by atoms with Crippen molar-refractivity contribution in [1.29, 1.82) is 0 Å². The number of carbonyl (C=O) groups is 2. The van der Waals surface area contributed by atoms with Gasteiger partial charge in [0.25, 0.3) is 0 Å². The van der Waals surface area contributed by atoms with E-state index in [1.807, 2.05) is 11.8 Å². The minimum atomic E-state index is -0.337. The number of halogens is 1. The topological polar surface area (TPSA) is 61.9 Å². The average molecular weight is 446 g/mol. The van der Waals surface area contributed by atoms with Crippen molar-refractivity contribution in [3.05, 3.63) is 29.1 Å². The van der Waals surface area contributed by atoms with Gasteiger partial charge in [-0.05, 0) is 62.8 Å². The Kier molecular flexibility index (Phi) is 7.46. The third-order valence-corrected chi connectivity index (χ3v) is 7.42. The quantitative estimate of drug-likeness (QED) is 0.750. The standard InChI is InChI=1S/C25H36FN3O3/c1-17-15-28(9-10-29(17)25(31)20-5-3-4-6-20)16-21-13-22(26)14-23(18(21)2)27-24(30)19-7-11-32-12-8-19/h13-14,17,19-20H,3-12,15-16H2,1-2H3,(H,27,30)/t17-/m0/s1. The van der Waals surface area contributed by atoms with Crippen molar-refractivity contribution in [3.8, 4) is 0 Å². The van der Waals surface area contributed by atoms with Gasteiger partial charge < -0.3 is 15.0 Å². The maximum atomic E-state index is 14.4. The summed E-state index contributed by atoms with van der Waals surface area (Å²) in [6.45, 7) is 8.13. The Labute approximate surface area is 190 Å². The van der Waals surface area contributed by atoms with E-state index in [0.29, 0.717) is 44.2 Å². The van der Waals surface area contributed by atoms with Gasteiger partial charge in [-0.3, -0.25) is 14.5 Å². The Morgan fingerprint density at radius 1 is 1.09 bits per heavy atom. The monoisotopic (exact) mass is 445 g/mol. The van der Waals surface area contributed by atoms with Gasteiger partial charge in [0.2, 0.25) is 11.8 Å². The Balaban J connectivity index is 1.38. The summed E-state index contributed by atoms with van der Waals surface area (Å²) >= 11 is 0. The molecule has 7 heteroatoms. The van der Waals surface area contributed by atoms with E-state index >= 15 is 0 Å². The fourth-order valence-electron chi connectivity index (χ4n) is 5.38. The van der Waals surface area contributed by atoms with Gasteiger partial charge in [-0.15, -0.1) is 0 Å². The van der Waals surface area contributed by atoms with Crippen molar-refractivity contribution in [2.75, 3.05) is 38.2 Å². The molecule has 1 saturated carbocycles. The van der Waals surface area contributed by atoms with E-state index in [0.717, 1.165) is 56.4 Å². The molecule has 3 aliphatic rings. The fourth-order valence-corrected chi connectivity index (χ4v) is 5.38. The maximum absolute atomic E-state index is 14.4. The van der Waals surface area contributed by atoms with Gasteiger partial charge in [-0.2, -0.15) is 0 Å². The smallest absolute Gasteiger partial charge is 0.227 e. The summed E-state index contributed by atoms with van der Waals surface area (Å²) < 4.78 is 19.8. The van der Waals surface area contributed by atoms with Gasteiger partial charge in [0.05, 0.1) is 0 Å². The Morgan fingerprint density at radius 2 is 1.81 bits per heavy atom. The molecule has 2 amide bonds. The number of anilines is 1. The molecule has 2 aliphatic heterocycles. The zero-order chi connectivity index (χ0) is 22.7. The maximum Gasteiger partial charge on any atom is 0.227 e. The molecule has 2 saturated heterocycles. The molecule has 3 fully saturated rings. The number of carbonyl (C=O) groups excluding carboxylic acids is 2. The summed E-state index contributed by atoms with van der Waals surface area (Å²) in [6.07, 6.45) is 5.78. The highest BCUT2D eigenvalue weighted by Crippen LogP contribution is 2.29. The summed E-state index contributed by atoms with van der Waals surface area (Å²) in [7, 11) is 0. The number of ether oxygens (including phenoxy) is 1. The van der Waals surface area contributed by atoms with Gasteiger partial charge >= 0.3 is 0 Å². The first-order valence-corrected chi connectivity index (χ1v) is 12.1. The van der Waals surface area contributed by atoms with Gasteiger partial charge in [0.1, 0.15) is 5.82 Å². The minimum absolute atomic E-state index is 0.0550. The second-order valence-electron chi connectivity index (χ2n) is 9.71. The first-order chi connectivity index (χ1) is 15.4. The molecule has 4 rings (SSSR count). The van der Waals surface area contributed by atoms with Crippen molar-refractivity contribution in [2.45, 2.75) is 65.0 Å². The van der Waals surface area contributed by atoms with Crippen LogP contribution in [0, 0.1) is 24.6 Å². The van der Waals surface area contributed by atoms with Crippen molar-refractivity contribution in [1.82, 2.24) is 9.80 Å². The van der Waals surface area contributed by atoms with Crippen LogP contribution in [0.25, 0.3) is 0 Å². The highest BCUT2D eigenvalue weighted by Gasteiger charge is 2.33. The molecule has 6 nitrogen and oxygen atoms in total. The lowest BCUT2D eigenvalue weighted by Crippen LogP contribution is -2.54.